The summed E-state index contributed by atoms with van der Waals surface area (Å²) in [6.07, 6.45) is 0. The molecule has 0 spiro atoms. The molecule has 0 aromatic heterocycles. The largest absolute Gasteiger partial charge is 0.310 e. The van der Waals surface area contributed by atoms with Crippen LogP contribution in [0.5, 0.6) is 0 Å². The van der Waals surface area contributed by atoms with Crippen LogP contribution in [0.3, 0.4) is 0 Å². The monoisotopic (exact) mass is 964 g/mol. The van der Waals surface area contributed by atoms with Crippen LogP contribution >= 0.6 is 0 Å². The highest BCUT2D eigenvalue weighted by molar-refractivity contribution is 6.26. The minimum atomic E-state index is 1.08. The lowest BCUT2D eigenvalue weighted by Crippen LogP contribution is -2.11. The summed E-state index contributed by atoms with van der Waals surface area (Å²) in [5.74, 6) is 0. The zero-order valence-corrected chi connectivity index (χ0v) is 41.6. The minimum Gasteiger partial charge on any atom is -0.310 e. The smallest absolute Gasteiger partial charge is 0.0540 e. The number of anilines is 6. The Labute approximate surface area is 441 Å². The van der Waals surface area contributed by atoms with Gasteiger partial charge in [0.15, 0.2) is 0 Å². The Morgan fingerprint density at radius 2 is 0.474 bits per heavy atom. The van der Waals surface area contributed by atoms with Gasteiger partial charge in [-0.25, -0.2) is 0 Å². The number of fused-ring (bicyclic) bond motifs is 8. The van der Waals surface area contributed by atoms with Gasteiger partial charge in [-0.15, -0.1) is 0 Å². The quantitative estimate of drug-likeness (QED) is 0.140. The summed E-state index contributed by atoms with van der Waals surface area (Å²) in [6.45, 7) is 0. The molecule has 0 saturated carbocycles. The van der Waals surface area contributed by atoms with E-state index in [0.717, 1.165) is 34.1 Å². The first-order chi connectivity index (χ1) is 37.7. The molecule has 15 aromatic rings. The van der Waals surface area contributed by atoms with Gasteiger partial charge in [-0.05, 0) is 158 Å². The number of benzene rings is 15. The van der Waals surface area contributed by atoms with Crippen LogP contribution in [0.2, 0.25) is 0 Å². The maximum Gasteiger partial charge on any atom is 0.0540 e. The Morgan fingerprint density at radius 3 is 0.895 bits per heavy atom. The summed E-state index contributed by atoms with van der Waals surface area (Å²) in [5, 5.41) is 19.2. The molecule has 0 radical (unpaired) electrons. The summed E-state index contributed by atoms with van der Waals surface area (Å²) in [7, 11) is 0. The van der Waals surface area contributed by atoms with Gasteiger partial charge in [-0.1, -0.05) is 231 Å². The molecule has 354 valence electrons. The van der Waals surface area contributed by atoms with Gasteiger partial charge in [0.1, 0.15) is 0 Å². The SMILES string of the molecule is c1ccc2cc(N(c3ccc4c(-c5cccc6ccccc56)c5cc(N(c6ccc7ccccc7c6)c6cccc7ccccc67)ccc5c(-c5cccc6ccccc56)c4c3)c3cccc4ccccc34)ccc2c1. The first kappa shape index (κ1) is 43.6. The highest BCUT2D eigenvalue weighted by Gasteiger charge is 2.25. The summed E-state index contributed by atoms with van der Waals surface area (Å²) in [4.78, 5) is 4.94. The molecule has 76 heavy (non-hydrogen) atoms. The minimum absolute atomic E-state index is 1.08. The van der Waals surface area contributed by atoms with Crippen LogP contribution in [0.1, 0.15) is 0 Å². The summed E-state index contributed by atoms with van der Waals surface area (Å²) in [6, 6.07) is 108. The topological polar surface area (TPSA) is 6.48 Å². The molecule has 0 aliphatic carbocycles. The van der Waals surface area contributed by atoms with Crippen molar-refractivity contribution in [3.05, 3.63) is 291 Å². The molecule has 0 heterocycles. The molecule has 0 unspecified atom stereocenters. The highest BCUT2D eigenvalue weighted by atomic mass is 15.1. The summed E-state index contributed by atoms with van der Waals surface area (Å²) >= 11 is 0. The van der Waals surface area contributed by atoms with E-state index < -0.39 is 0 Å². The Bertz CT molecular complexity index is 4470. The zero-order chi connectivity index (χ0) is 50.1. The van der Waals surface area contributed by atoms with Crippen LogP contribution in [-0.2, 0) is 0 Å². The van der Waals surface area contributed by atoms with Crippen LogP contribution in [-0.4, -0.2) is 0 Å². The molecule has 0 saturated heterocycles. The molecular formula is C74H48N2. The lowest BCUT2D eigenvalue weighted by atomic mass is 9.83. The van der Waals surface area contributed by atoms with Gasteiger partial charge in [0, 0.05) is 33.5 Å². The van der Waals surface area contributed by atoms with E-state index in [-0.39, 0.29) is 0 Å². The van der Waals surface area contributed by atoms with Gasteiger partial charge in [0.25, 0.3) is 0 Å². The van der Waals surface area contributed by atoms with E-state index in [0.29, 0.717) is 0 Å². The standard InChI is InChI=1S/C74H48N2/c1-3-23-55-45-57(39-37-49(55)17-1)75(71-35-15-27-53-21-7-11-31-63(53)71)59-41-43-67-69(47-59)73(65-33-13-25-51-19-5-9-29-61(51)65)68-44-42-60(48-70(68)74(67)66-34-14-26-52-20-6-10-30-62(52)66)76(58-40-38-50-18-2-4-24-56(50)46-58)72-36-16-28-54-22-8-12-32-64(54)72/h1-48H. The fraction of sp³-hybridized carbons (Fsp3) is 0. The van der Waals surface area contributed by atoms with Crippen molar-refractivity contribution in [2.24, 2.45) is 0 Å². The third-order valence-corrected chi connectivity index (χ3v) is 15.7. The average Bonchev–Trinajstić information content (AvgIpc) is 3.49. The Hall–Kier alpha value is -10.0. The van der Waals surface area contributed by atoms with Crippen molar-refractivity contribution >= 4 is 120 Å². The lowest BCUT2D eigenvalue weighted by Gasteiger charge is -2.29. The van der Waals surface area contributed by atoms with Crippen molar-refractivity contribution in [3.63, 3.8) is 0 Å². The zero-order valence-electron chi connectivity index (χ0n) is 41.6. The van der Waals surface area contributed by atoms with Crippen LogP contribution in [0.25, 0.3) is 108 Å². The predicted octanol–water partition coefficient (Wildman–Crippen LogP) is 21.2. The van der Waals surface area contributed by atoms with E-state index in [9.17, 15) is 0 Å². The van der Waals surface area contributed by atoms with Crippen LogP contribution < -0.4 is 9.80 Å². The summed E-state index contributed by atoms with van der Waals surface area (Å²) < 4.78 is 0. The number of hydrogen-bond acceptors (Lipinski definition) is 2. The first-order valence-electron chi connectivity index (χ1n) is 26.2. The van der Waals surface area contributed by atoms with Gasteiger partial charge < -0.3 is 9.80 Å². The van der Waals surface area contributed by atoms with Gasteiger partial charge in [0.05, 0.1) is 11.4 Å². The Morgan fingerprint density at radius 1 is 0.171 bits per heavy atom. The predicted molar refractivity (Wildman–Crippen MR) is 327 cm³/mol. The lowest BCUT2D eigenvalue weighted by molar-refractivity contribution is 1.31. The fourth-order valence-corrected chi connectivity index (χ4v) is 12.2. The molecule has 0 amide bonds. The van der Waals surface area contributed by atoms with E-state index in [1.807, 2.05) is 0 Å². The average molecular weight is 965 g/mol. The van der Waals surface area contributed by atoms with Gasteiger partial charge >= 0.3 is 0 Å². The maximum absolute atomic E-state index is 2.48. The van der Waals surface area contributed by atoms with E-state index in [1.54, 1.807) is 0 Å². The number of rotatable bonds is 8. The highest BCUT2D eigenvalue weighted by Crippen LogP contribution is 2.51. The normalized spacial score (nSPS) is 11.7. The molecule has 0 bridgehead atoms. The molecule has 0 aliphatic rings. The fourth-order valence-electron chi connectivity index (χ4n) is 12.2. The van der Waals surface area contributed by atoms with E-state index >= 15 is 0 Å². The van der Waals surface area contributed by atoms with Gasteiger partial charge in [-0.3, -0.25) is 0 Å². The van der Waals surface area contributed by atoms with Crippen LogP contribution in [0, 0.1) is 0 Å². The van der Waals surface area contributed by atoms with E-state index in [2.05, 4.69) is 301 Å². The van der Waals surface area contributed by atoms with E-state index in [1.165, 1.54) is 108 Å². The molecule has 0 fully saturated rings. The van der Waals surface area contributed by atoms with Crippen molar-refractivity contribution in [2.75, 3.05) is 9.80 Å². The molecule has 2 nitrogen and oxygen atoms in total. The second kappa shape index (κ2) is 17.9. The summed E-state index contributed by atoms with van der Waals surface area (Å²) in [5.41, 5.74) is 11.4. The molecule has 15 rings (SSSR count). The number of nitrogens with zero attached hydrogens (tertiary/aromatic N) is 2. The van der Waals surface area contributed by atoms with E-state index in [4.69, 9.17) is 0 Å². The number of hydrogen-bond donors (Lipinski definition) is 0. The third-order valence-electron chi connectivity index (χ3n) is 15.7. The molecule has 0 N–H and O–H groups in total. The van der Waals surface area contributed by atoms with Gasteiger partial charge in [0.2, 0.25) is 0 Å². The van der Waals surface area contributed by atoms with Crippen molar-refractivity contribution in [1.82, 2.24) is 0 Å². The molecule has 2 heteroatoms. The Balaban J connectivity index is 1.08. The van der Waals surface area contributed by atoms with Gasteiger partial charge in [-0.2, -0.15) is 0 Å². The molecule has 0 atom stereocenters. The third kappa shape index (κ3) is 7.18. The molecular weight excluding hydrogens is 917 g/mol. The Kier molecular flexibility index (Phi) is 10.2. The molecule has 15 aromatic carbocycles. The second-order valence-electron chi connectivity index (χ2n) is 20.0. The van der Waals surface area contributed by atoms with Crippen LogP contribution in [0.15, 0.2) is 291 Å². The molecule has 0 aliphatic heterocycles. The van der Waals surface area contributed by atoms with Crippen molar-refractivity contribution < 1.29 is 0 Å². The van der Waals surface area contributed by atoms with Crippen LogP contribution in [0.4, 0.5) is 34.1 Å². The first-order valence-corrected chi connectivity index (χ1v) is 26.2. The van der Waals surface area contributed by atoms with Crippen molar-refractivity contribution in [2.45, 2.75) is 0 Å². The second-order valence-corrected chi connectivity index (χ2v) is 20.0. The maximum atomic E-state index is 2.48. The van der Waals surface area contributed by atoms with Crippen molar-refractivity contribution in [3.8, 4) is 22.3 Å². The van der Waals surface area contributed by atoms with Crippen molar-refractivity contribution in [1.29, 1.82) is 0 Å².